The number of carbonyl (C=O) groups is 1. The van der Waals surface area contributed by atoms with Crippen molar-refractivity contribution in [2.45, 2.75) is 24.8 Å². The number of benzene rings is 2. The number of sulfone groups is 1. The van der Waals surface area contributed by atoms with Crippen LogP contribution >= 0.6 is 0 Å². The molecule has 11 heteroatoms. The molecule has 0 saturated carbocycles. The average molecular weight is 446 g/mol. The molecule has 2 aromatic carbocycles. The summed E-state index contributed by atoms with van der Waals surface area (Å²) < 4.78 is 35.1. The van der Waals surface area contributed by atoms with Crippen LogP contribution in [-0.4, -0.2) is 39.3 Å². The Hall–Kier alpha value is -1.98. The zero-order valence-electron chi connectivity index (χ0n) is 18.5. The molecule has 0 spiro atoms. The van der Waals surface area contributed by atoms with Gasteiger partial charge in [-0.15, -0.1) is 0 Å². The molecule has 0 aliphatic heterocycles. The van der Waals surface area contributed by atoms with E-state index < -0.39 is 32.6 Å². The molecule has 0 aliphatic rings. The first-order valence-corrected chi connectivity index (χ1v) is 10.2. The maximum Gasteiger partial charge on any atom is 1.00 e. The van der Waals surface area contributed by atoms with Crippen LogP contribution in [0.3, 0.4) is 0 Å². The average Bonchev–Trinajstić information content (AvgIpc) is 2.60. The number of hydrogen-bond donors (Lipinski definition) is 1. The Labute approximate surface area is 198 Å². The Morgan fingerprint density at radius 2 is 1.77 bits per heavy atom. The van der Waals surface area contributed by atoms with Gasteiger partial charge in [-0.2, -0.15) is 0 Å². The number of carbonyl (C=O) groups excluding carboxylic acids is 1. The van der Waals surface area contributed by atoms with Crippen LogP contribution < -0.4 is 39.6 Å². The molecule has 1 unspecified atom stereocenters. The number of amides is 1. The number of hydrogen-bond acceptors (Lipinski definition) is 7. The third-order valence-corrected chi connectivity index (χ3v) is 6.03. The predicted molar refractivity (Wildman–Crippen MR) is 107 cm³/mol. The van der Waals surface area contributed by atoms with Crippen LogP contribution in [0.2, 0.25) is 0 Å². The number of nitrogens with one attached hydrogen (secondary N) is 1. The first kappa shape index (κ1) is 26.1. The van der Waals surface area contributed by atoms with Gasteiger partial charge in [0.25, 0.3) is 5.91 Å². The number of methoxy groups -OCH3 is 2. The van der Waals surface area contributed by atoms with Crippen LogP contribution in [0.5, 0.6) is 5.75 Å². The Morgan fingerprint density at radius 1 is 1.20 bits per heavy atom. The summed E-state index contributed by atoms with van der Waals surface area (Å²) in [6.45, 7) is 3.03. The minimum Gasteiger partial charge on any atom is -1.00 e. The third kappa shape index (κ3) is 6.02. The van der Waals surface area contributed by atoms with Crippen molar-refractivity contribution in [3.8, 4) is 5.75 Å². The molecule has 0 aliphatic carbocycles. The topological polar surface area (TPSA) is 125 Å². The number of nitrogens with zero attached hydrogens (tertiary/aromatic N) is 1. The SMILES string of the molecule is COc1ccccc1C(OC)C(=O)Nc1cc(C)c(S(=O)(=O)C[N+](=O)[O-])c(C)c1.[H-].[Na+]. The van der Waals surface area contributed by atoms with Crippen molar-refractivity contribution in [2.24, 2.45) is 0 Å². The molecule has 0 radical (unpaired) electrons. The van der Waals surface area contributed by atoms with E-state index in [9.17, 15) is 23.3 Å². The second-order valence-corrected chi connectivity index (χ2v) is 8.26. The molecule has 9 nitrogen and oxygen atoms in total. The number of para-hydroxylation sites is 1. The van der Waals surface area contributed by atoms with Gasteiger partial charge in [-0.05, 0) is 43.2 Å². The summed E-state index contributed by atoms with van der Waals surface area (Å²) in [4.78, 5) is 22.4. The summed E-state index contributed by atoms with van der Waals surface area (Å²) in [6.07, 6.45) is -0.954. The van der Waals surface area contributed by atoms with Crippen molar-refractivity contribution in [3.05, 3.63) is 63.2 Å². The largest absolute Gasteiger partial charge is 1.00 e. The van der Waals surface area contributed by atoms with E-state index in [0.29, 0.717) is 28.1 Å². The molecular formula is C19H23N2NaO7S. The third-order valence-electron chi connectivity index (χ3n) is 4.21. The Bertz CT molecular complexity index is 1020. The molecule has 2 aromatic rings. The normalized spacial score (nSPS) is 11.9. The zero-order valence-corrected chi connectivity index (χ0v) is 20.3. The molecular weight excluding hydrogens is 423 g/mol. The van der Waals surface area contributed by atoms with Gasteiger partial charge in [-0.1, -0.05) is 18.2 Å². The molecule has 1 N–H and O–H groups in total. The van der Waals surface area contributed by atoms with E-state index in [1.165, 1.54) is 40.2 Å². The molecule has 0 fully saturated rings. The van der Waals surface area contributed by atoms with Crippen molar-refractivity contribution < 1.29 is 58.6 Å². The molecule has 2 rings (SSSR count). The molecule has 1 atom stereocenters. The van der Waals surface area contributed by atoms with Crippen LogP contribution in [0, 0.1) is 24.0 Å². The maximum atomic E-state index is 12.8. The van der Waals surface area contributed by atoms with Crippen molar-refractivity contribution in [1.82, 2.24) is 0 Å². The molecule has 0 aromatic heterocycles. The van der Waals surface area contributed by atoms with Gasteiger partial charge in [0.2, 0.25) is 9.84 Å². The second kappa shape index (κ2) is 10.9. The van der Waals surface area contributed by atoms with Crippen LogP contribution in [0.25, 0.3) is 0 Å². The van der Waals surface area contributed by atoms with E-state index in [2.05, 4.69) is 5.32 Å². The Kier molecular flexibility index (Phi) is 9.44. The zero-order chi connectivity index (χ0) is 21.8. The van der Waals surface area contributed by atoms with Gasteiger partial charge in [0, 0.05) is 23.3 Å². The fraction of sp³-hybridized carbons (Fsp3) is 0.316. The van der Waals surface area contributed by atoms with Crippen LogP contribution in [0.15, 0.2) is 41.3 Å². The standard InChI is InChI=1S/C19H22N2O7S.Na.H/c1-12-9-14(10-13(2)18(12)29(25,26)11-21(23)24)20-19(22)17(28-4)15-7-5-6-8-16(15)27-3;;/h5-10,17H,11H2,1-4H3,(H,20,22);;/q;+1;-1. The fourth-order valence-corrected chi connectivity index (χ4v) is 4.69. The summed E-state index contributed by atoms with van der Waals surface area (Å²) in [7, 11) is -1.22. The van der Waals surface area contributed by atoms with E-state index in [1.807, 2.05) is 0 Å². The summed E-state index contributed by atoms with van der Waals surface area (Å²) in [5.41, 5.74) is 1.48. The van der Waals surface area contributed by atoms with E-state index >= 15 is 0 Å². The van der Waals surface area contributed by atoms with Crippen LogP contribution in [0.1, 0.15) is 24.2 Å². The number of aryl methyl sites for hydroxylation is 2. The van der Waals surface area contributed by atoms with Crippen molar-refractivity contribution in [1.29, 1.82) is 0 Å². The second-order valence-electron chi connectivity index (χ2n) is 6.36. The van der Waals surface area contributed by atoms with Gasteiger partial charge in [-0.25, -0.2) is 8.42 Å². The Balaban J connectivity index is 0.00000450. The first-order chi connectivity index (χ1) is 13.6. The van der Waals surface area contributed by atoms with Gasteiger partial charge >= 0.3 is 35.4 Å². The van der Waals surface area contributed by atoms with Gasteiger partial charge < -0.3 is 16.2 Å². The quantitative estimate of drug-likeness (QED) is 0.337. The van der Waals surface area contributed by atoms with Crippen molar-refractivity contribution >= 4 is 21.4 Å². The van der Waals surface area contributed by atoms with E-state index in [0.717, 1.165) is 0 Å². The molecule has 1 amide bonds. The number of anilines is 1. The Morgan fingerprint density at radius 3 is 2.27 bits per heavy atom. The van der Waals surface area contributed by atoms with Gasteiger partial charge in [0.05, 0.1) is 12.0 Å². The summed E-state index contributed by atoms with van der Waals surface area (Å²) in [5, 5.41) is 13.4. The summed E-state index contributed by atoms with van der Waals surface area (Å²) in [6, 6.07) is 9.83. The summed E-state index contributed by atoms with van der Waals surface area (Å²) in [5.74, 6) is -1.18. The molecule has 0 bridgehead atoms. The van der Waals surface area contributed by atoms with Crippen LogP contribution in [-0.2, 0) is 19.4 Å². The minimum absolute atomic E-state index is 0. The number of nitro groups is 1. The fourth-order valence-electron chi connectivity index (χ4n) is 3.18. The van der Waals surface area contributed by atoms with Gasteiger partial charge in [-0.3, -0.25) is 14.9 Å². The predicted octanol–water partition coefficient (Wildman–Crippen LogP) is -0.237. The molecule has 30 heavy (non-hydrogen) atoms. The van der Waals surface area contributed by atoms with Crippen molar-refractivity contribution in [3.63, 3.8) is 0 Å². The summed E-state index contributed by atoms with van der Waals surface area (Å²) >= 11 is 0. The minimum atomic E-state index is -4.09. The molecule has 0 saturated heterocycles. The van der Waals surface area contributed by atoms with E-state index in [4.69, 9.17) is 9.47 Å². The van der Waals surface area contributed by atoms with E-state index in [1.54, 1.807) is 24.3 Å². The molecule has 158 valence electrons. The van der Waals surface area contributed by atoms with Crippen LogP contribution in [0.4, 0.5) is 5.69 Å². The van der Waals surface area contributed by atoms with Gasteiger partial charge in [0.1, 0.15) is 5.75 Å². The number of ether oxygens (including phenoxy) is 2. The smallest absolute Gasteiger partial charge is 1.00 e. The first-order valence-electron chi connectivity index (χ1n) is 8.53. The van der Waals surface area contributed by atoms with Gasteiger partial charge in [0.15, 0.2) is 6.10 Å². The monoisotopic (exact) mass is 446 g/mol. The van der Waals surface area contributed by atoms with Crippen molar-refractivity contribution in [2.75, 3.05) is 25.4 Å². The number of rotatable bonds is 8. The maximum absolute atomic E-state index is 12.8. The van der Waals surface area contributed by atoms with E-state index in [-0.39, 0.29) is 35.9 Å². The molecule has 0 heterocycles.